The second kappa shape index (κ2) is 7.55. The summed E-state index contributed by atoms with van der Waals surface area (Å²) in [6.45, 7) is 0. The molecule has 5 heteroatoms. The van der Waals surface area contributed by atoms with Crippen molar-refractivity contribution in [3.05, 3.63) is 109 Å². The fourth-order valence-electron chi connectivity index (χ4n) is 5.83. The van der Waals surface area contributed by atoms with Crippen LogP contribution in [0.3, 0.4) is 0 Å². The maximum Gasteiger partial charge on any atom is 0.161 e. The molecule has 0 radical (unpaired) electrons. The molecule has 5 heterocycles. The molecule has 0 aliphatic heterocycles. The van der Waals surface area contributed by atoms with E-state index < -0.39 is 0 Å². The molecule has 0 amide bonds. The molecule has 0 aliphatic carbocycles. The van der Waals surface area contributed by atoms with Crippen LogP contribution in [0.5, 0.6) is 0 Å². The van der Waals surface area contributed by atoms with E-state index >= 15 is 0 Å². The SMILES string of the molecule is c1ccc2c(c1)oc1c(-c3ccc4oc5c(-c6nccc7c6oc6ccccc67)cccc5c4c3)nccc12. The number of para-hydroxylation sites is 3. The predicted molar refractivity (Wildman–Crippen MR) is 155 cm³/mol. The number of fused-ring (bicyclic) bond motifs is 9. The van der Waals surface area contributed by atoms with Gasteiger partial charge in [-0.15, -0.1) is 0 Å². The average Bonchev–Trinajstić information content (AvgIpc) is 3.68. The van der Waals surface area contributed by atoms with Crippen molar-refractivity contribution in [2.75, 3.05) is 0 Å². The van der Waals surface area contributed by atoms with Crippen LogP contribution in [0.2, 0.25) is 0 Å². The first kappa shape index (κ1) is 20.6. The van der Waals surface area contributed by atoms with Gasteiger partial charge in [-0.25, -0.2) is 0 Å². The molecule has 0 atom stereocenters. The van der Waals surface area contributed by atoms with Gasteiger partial charge < -0.3 is 13.3 Å². The van der Waals surface area contributed by atoms with Crippen LogP contribution >= 0.6 is 0 Å². The number of pyridine rings is 2. The van der Waals surface area contributed by atoms with E-state index in [1.165, 1.54) is 0 Å². The molecule has 9 rings (SSSR count). The van der Waals surface area contributed by atoms with Crippen molar-refractivity contribution in [2.45, 2.75) is 0 Å². The van der Waals surface area contributed by atoms with Crippen molar-refractivity contribution >= 4 is 65.8 Å². The quantitative estimate of drug-likeness (QED) is 0.235. The van der Waals surface area contributed by atoms with Crippen molar-refractivity contribution in [1.82, 2.24) is 9.97 Å². The summed E-state index contributed by atoms with van der Waals surface area (Å²) in [4.78, 5) is 9.45. The van der Waals surface area contributed by atoms with Crippen molar-refractivity contribution in [3.63, 3.8) is 0 Å². The van der Waals surface area contributed by atoms with Crippen LogP contribution in [0.25, 0.3) is 88.3 Å². The maximum atomic E-state index is 6.46. The fraction of sp³-hybridized carbons (Fsp3) is 0. The van der Waals surface area contributed by atoms with Gasteiger partial charge in [-0.1, -0.05) is 48.5 Å². The molecule has 5 nitrogen and oxygen atoms in total. The second-order valence-electron chi connectivity index (χ2n) is 9.76. The van der Waals surface area contributed by atoms with Crippen LogP contribution in [0, 0.1) is 0 Å². The van der Waals surface area contributed by atoms with E-state index in [1.807, 2.05) is 85.2 Å². The molecule has 9 aromatic rings. The molecule has 0 aliphatic rings. The zero-order valence-electron chi connectivity index (χ0n) is 20.5. The predicted octanol–water partition coefficient (Wildman–Crippen LogP) is 9.51. The highest BCUT2D eigenvalue weighted by molar-refractivity contribution is 6.15. The third-order valence-electron chi connectivity index (χ3n) is 7.61. The molecule has 0 unspecified atom stereocenters. The van der Waals surface area contributed by atoms with E-state index in [0.717, 1.165) is 88.3 Å². The Morgan fingerprint density at radius 1 is 0.410 bits per heavy atom. The topological polar surface area (TPSA) is 65.2 Å². The van der Waals surface area contributed by atoms with Crippen LogP contribution in [0.15, 0.2) is 123 Å². The highest BCUT2D eigenvalue weighted by atomic mass is 16.3. The summed E-state index contributed by atoms with van der Waals surface area (Å²) < 4.78 is 19.0. The van der Waals surface area contributed by atoms with Crippen LogP contribution in [-0.2, 0) is 0 Å². The summed E-state index contributed by atoms with van der Waals surface area (Å²) >= 11 is 0. The molecule has 5 aromatic heterocycles. The fourth-order valence-corrected chi connectivity index (χ4v) is 5.83. The summed E-state index contributed by atoms with van der Waals surface area (Å²) in [7, 11) is 0. The zero-order valence-corrected chi connectivity index (χ0v) is 20.5. The minimum atomic E-state index is 0.758. The van der Waals surface area contributed by atoms with E-state index in [1.54, 1.807) is 0 Å². The van der Waals surface area contributed by atoms with Crippen LogP contribution in [0.4, 0.5) is 0 Å². The number of hydrogen-bond acceptors (Lipinski definition) is 5. The van der Waals surface area contributed by atoms with E-state index in [-0.39, 0.29) is 0 Å². The third-order valence-corrected chi connectivity index (χ3v) is 7.61. The lowest BCUT2D eigenvalue weighted by atomic mass is 10.0. The Bertz CT molecular complexity index is 2410. The normalized spacial score (nSPS) is 12.1. The Hall–Kier alpha value is -5.42. The van der Waals surface area contributed by atoms with E-state index in [0.29, 0.717) is 0 Å². The van der Waals surface area contributed by atoms with Gasteiger partial charge >= 0.3 is 0 Å². The number of benzene rings is 4. The summed E-state index contributed by atoms with van der Waals surface area (Å²) in [5.41, 5.74) is 8.26. The first-order chi connectivity index (χ1) is 19.3. The second-order valence-corrected chi connectivity index (χ2v) is 9.76. The molecule has 182 valence electrons. The number of furan rings is 3. The number of nitrogens with zero attached hydrogens (tertiary/aromatic N) is 2. The van der Waals surface area contributed by atoms with Gasteiger partial charge in [0.1, 0.15) is 33.7 Å². The molecule has 4 aromatic carbocycles. The molecule has 0 fully saturated rings. The summed E-state index contributed by atoms with van der Waals surface area (Å²) in [6.07, 6.45) is 3.67. The van der Waals surface area contributed by atoms with Crippen LogP contribution in [-0.4, -0.2) is 9.97 Å². The molecule has 39 heavy (non-hydrogen) atoms. The highest BCUT2D eigenvalue weighted by Gasteiger charge is 2.20. The molecule has 0 spiro atoms. The van der Waals surface area contributed by atoms with Crippen molar-refractivity contribution in [1.29, 1.82) is 0 Å². The summed E-state index contributed by atoms with van der Waals surface area (Å²) in [5, 5.41) is 6.27. The van der Waals surface area contributed by atoms with Crippen molar-refractivity contribution < 1.29 is 13.3 Å². The Morgan fingerprint density at radius 3 is 1.72 bits per heavy atom. The average molecular weight is 503 g/mol. The zero-order chi connectivity index (χ0) is 25.5. The number of hydrogen-bond donors (Lipinski definition) is 0. The first-order valence-electron chi connectivity index (χ1n) is 12.8. The molecular weight excluding hydrogens is 484 g/mol. The Labute approximate surface area is 220 Å². The molecule has 0 saturated heterocycles. The van der Waals surface area contributed by atoms with E-state index in [9.17, 15) is 0 Å². The van der Waals surface area contributed by atoms with E-state index in [4.69, 9.17) is 23.2 Å². The van der Waals surface area contributed by atoms with Gasteiger partial charge in [0.15, 0.2) is 11.2 Å². The summed E-state index contributed by atoms with van der Waals surface area (Å²) in [6, 6.07) is 32.5. The summed E-state index contributed by atoms with van der Waals surface area (Å²) in [5.74, 6) is 0. The Kier molecular flexibility index (Phi) is 3.99. The van der Waals surface area contributed by atoms with Crippen LogP contribution < -0.4 is 0 Å². The van der Waals surface area contributed by atoms with Crippen LogP contribution in [0.1, 0.15) is 0 Å². The molecule has 0 bridgehead atoms. The highest BCUT2D eigenvalue weighted by Crippen LogP contribution is 2.41. The molecular formula is C34H18N2O3. The minimum Gasteiger partial charge on any atom is -0.455 e. The lowest BCUT2D eigenvalue weighted by molar-refractivity contribution is 0.663. The number of rotatable bonds is 2. The Morgan fingerprint density at radius 2 is 0.974 bits per heavy atom. The molecule has 0 saturated carbocycles. The van der Waals surface area contributed by atoms with Gasteiger partial charge in [-0.2, -0.15) is 0 Å². The first-order valence-corrected chi connectivity index (χ1v) is 12.8. The van der Waals surface area contributed by atoms with Gasteiger partial charge in [-0.05, 0) is 48.5 Å². The molecule has 0 N–H and O–H groups in total. The largest absolute Gasteiger partial charge is 0.455 e. The Balaban J connectivity index is 1.28. The lowest BCUT2D eigenvalue weighted by Crippen LogP contribution is -1.85. The number of aromatic nitrogens is 2. The van der Waals surface area contributed by atoms with Crippen molar-refractivity contribution in [3.8, 4) is 22.5 Å². The monoisotopic (exact) mass is 502 g/mol. The van der Waals surface area contributed by atoms with Gasteiger partial charge in [0, 0.05) is 55.8 Å². The van der Waals surface area contributed by atoms with Gasteiger partial charge in [0.25, 0.3) is 0 Å². The standard InChI is InChI=1S/C34H18N2O3/c1-3-10-27-20(6-1)23-14-16-35-30(33(23)38-27)19-12-13-29-26(18-19)22-8-5-9-25(32(22)37-29)31-34-24(15-17-36-31)21-7-2-4-11-28(21)39-34/h1-18H. The van der Waals surface area contributed by atoms with E-state index in [2.05, 4.69) is 24.3 Å². The van der Waals surface area contributed by atoms with Gasteiger partial charge in [0.2, 0.25) is 0 Å². The minimum absolute atomic E-state index is 0.758. The van der Waals surface area contributed by atoms with Gasteiger partial charge in [-0.3, -0.25) is 9.97 Å². The third kappa shape index (κ3) is 2.84. The smallest absolute Gasteiger partial charge is 0.161 e. The van der Waals surface area contributed by atoms with Crippen molar-refractivity contribution in [2.24, 2.45) is 0 Å². The van der Waals surface area contributed by atoms with Gasteiger partial charge in [0.05, 0.1) is 0 Å². The lowest BCUT2D eigenvalue weighted by Gasteiger charge is -2.03. The maximum absolute atomic E-state index is 6.46.